The first-order valence-electron chi connectivity index (χ1n) is 10.6. The number of halogens is 3. The number of allylic oxidation sites excluding steroid dienone is 3. The van der Waals surface area contributed by atoms with E-state index in [1.165, 1.54) is 18.2 Å². The van der Waals surface area contributed by atoms with Crippen LogP contribution >= 0.6 is 0 Å². The Bertz CT molecular complexity index is 1030. The summed E-state index contributed by atoms with van der Waals surface area (Å²) >= 11 is 0. The average molecular weight is 492 g/mol. The van der Waals surface area contributed by atoms with Gasteiger partial charge in [0.1, 0.15) is 34.9 Å². The molecule has 11 heteroatoms. The van der Waals surface area contributed by atoms with Crippen molar-refractivity contribution < 1.29 is 40.7 Å². The SMILES string of the molecule is CC1(S(N)(=O)=O)CC=CC=C1C1CC(Oc2cccc(OC(F)(F)F)c2)CC[N+]1(C)CCO. The minimum Gasteiger partial charge on any atom is -0.490 e. The number of hydrogen-bond donors (Lipinski definition) is 2. The van der Waals surface area contributed by atoms with Gasteiger partial charge in [-0.05, 0) is 25.5 Å². The molecule has 0 saturated carbocycles. The number of aliphatic hydroxyl groups is 1. The van der Waals surface area contributed by atoms with Gasteiger partial charge in [-0.2, -0.15) is 0 Å². The number of piperidine rings is 1. The van der Waals surface area contributed by atoms with Crippen LogP contribution in [-0.4, -0.2) is 68.0 Å². The van der Waals surface area contributed by atoms with Crippen molar-refractivity contribution >= 4 is 10.0 Å². The minimum atomic E-state index is -4.81. The Labute approximate surface area is 191 Å². The third-order valence-corrected chi connectivity index (χ3v) is 8.33. The first-order valence-corrected chi connectivity index (χ1v) is 12.2. The summed E-state index contributed by atoms with van der Waals surface area (Å²) in [5.74, 6) is -0.152. The van der Waals surface area contributed by atoms with E-state index in [-0.39, 0.29) is 36.7 Å². The molecule has 1 heterocycles. The van der Waals surface area contributed by atoms with E-state index >= 15 is 0 Å². The summed E-state index contributed by atoms with van der Waals surface area (Å²) in [5, 5.41) is 15.3. The molecule has 2 aliphatic rings. The van der Waals surface area contributed by atoms with Crippen LogP contribution in [0.3, 0.4) is 0 Å². The number of likely N-dealkylation sites (N-methyl/N-ethyl adjacent to an activating group) is 1. The molecule has 7 nitrogen and oxygen atoms in total. The average Bonchev–Trinajstić information content (AvgIpc) is 2.68. The second-order valence-electron chi connectivity index (χ2n) is 8.98. The lowest BCUT2D eigenvalue weighted by molar-refractivity contribution is -0.934. The standard InChI is InChI=1S/C22H30F3N2O5S/c1-21(33(26,29)30)10-4-3-8-19(21)20-15-17(9-11-27(20,2)12-13-28)31-16-6-5-7-18(14-16)32-22(23,24)25/h3-8,14,17,20,28H,9-13,15H2,1-2H3,(H2,26,29,30)/q+1. The Balaban J connectivity index is 1.89. The van der Waals surface area contributed by atoms with Crippen molar-refractivity contribution in [2.75, 3.05) is 26.7 Å². The monoisotopic (exact) mass is 491 g/mol. The van der Waals surface area contributed by atoms with Crippen LogP contribution < -0.4 is 14.6 Å². The highest BCUT2D eigenvalue weighted by atomic mass is 32.2. The first-order chi connectivity index (χ1) is 15.3. The van der Waals surface area contributed by atoms with Crippen molar-refractivity contribution in [3.63, 3.8) is 0 Å². The number of sulfonamides is 1. The third-order valence-electron chi connectivity index (χ3n) is 6.67. The Kier molecular flexibility index (Phi) is 7.18. The lowest BCUT2D eigenvalue weighted by Gasteiger charge is -2.50. The smallest absolute Gasteiger partial charge is 0.490 e. The van der Waals surface area contributed by atoms with Crippen LogP contribution in [0.1, 0.15) is 26.2 Å². The molecule has 1 aliphatic carbocycles. The molecule has 33 heavy (non-hydrogen) atoms. The number of nitrogens with two attached hydrogens (primary N) is 1. The van der Waals surface area contributed by atoms with E-state index in [2.05, 4.69) is 4.74 Å². The van der Waals surface area contributed by atoms with Gasteiger partial charge < -0.3 is 19.1 Å². The predicted molar refractivity (Wildman–Crippen MR) is 117 cm³/mol. The van der Waals surface area contributed by atoms with Crippen LogP contribution in [0.5, 0.6) is 11.5 Å². The zero-order chi connectivity index (χ0) is 24.5. The van der Waals surface area contributed by atoms with Crippen molar-refractivity contribution in [3.05, 3.63) is 48.1 Å². The van der Waals surface area contributed by atoms with E-state index < -0.39 is 21.1 Å². The highest BCUT2D eigenvalue weighted by molar-refractivity contribution is 7.90. The van der Waals surface area contributed by atoms with Gasteiger partial charge in [0.15, 0.2) is 0 Å². The number of rotatable bonds is 7. The molecule has 1 aliphatic heterocycles. The second-order valence-corrected chi connectivity index (χ2v) is 11.0. The fourth-order valence-corrected chi connectivity index (χ4v) is 5.58. The molecular weight excluding hydrogens is 461 g/mol. The van der Waals surface area contributed by atoms with Crippen LogP contribution in [-0.2, 0) is 10.0 Å². The number of nitrogens with zero attached hydrogens (tertiary/aromatic N) is 1. The Morgan fingerprint density at radius 1 is 1.30 bits per heavy atom. The zero-order valence-electron chi connectivity index (χ0n) is 18.6. The number of alkyl halides is 3. The summed E-state index contributed by atoms with van der Waals surface area (Å²) in [4.78, 5) is 0. The molecule has 4 atom stereocenters. The van der Waals surface area contributed by atoms with Crippen LogP contribution in [0.2, 0.25) is 0 Å². The summed E-state index contributed by atoms with van der Waals surface area (Å²) in [6, 6.07) is 5.01. The number of primary sulfonamides is 1. The number of ether oxygens (including phenoxy) is 2. The molecule has 1 saturated heterocycles. The van der Waals surface area contributed by atoms with Gasteiger partial charge in [0.2, 0.25) is 10.0 Å². The third kappa shape index (κ3) is 5.71. The van der Waals surface area contributed by atoms with Crippen LogP contribution in [0.15, 0.2) is 48.1 Å². The van der Waals surface area contributed by atoms with Gasteiger partial charge in [-0.1, -0.05) is 24.3 Å². The van der Waals surface area contributed by atoms with Crippen molar-refractivity contribution in [2.45, 2.75) is 49.4 Å². The molecule has 1 fully saturated rings. The van der Waals surface area contributed by atoms with E-state index in [4.69, 9.17) is 9.88 Å². The highest BCUT2D eigenvalue weighted by Gasteiger charge is 2.51. The molecular formula is C22H30F3N2O5S+. The molecule has 1 aromatic carbocycles. The molecule has 1 aromatic rings. The molecule has 3 rings (SSSR count). The van der Waals surface area contributed by atoms with Crippen molar-refractivity contribution in [3.8, 4) is 11.5 Å². The van der Waals surface area contributed by atoms with Crippen molar-refractivity contribution in [1.29, 1.82) is 0 Å². The number of quaternary nitrogens is 1. The molecule has 0 spiro atoms. The normalized spacial score (nSPS) is 30.6. The lowest BCUT2D eigenvalue weighted by Crippen LogP contribution is -2.63. The van der Waals surface area contributed by atoms with Gasteiger partial charge in [0, 0.05) is 24.5 Å². The predicted octanol–water partition coefficient (Wildman–Crippen LogP) is 2.87. The maximum absolute atomic E-state index is 12.6. The number of likely N-dealkylation sites (tertiary alicyclic amines) is 1. The van der Waals surface area contributed by atoms with E-state index in [0.29, 0.717) is 36.0 Å². The molecule has 3 N–H and O–H groups in total. The topological polar surface area (TPSA) is 98.9 Å². The van der Waals surface area contributed by atoms with Crippen molar-refractivity contribution in [1.82, 2.24) is 0 Å². The van der Waals surface area contributed by atoms with Gasteiger partial charge >= 0.3 is 6.36 Å². The molecule has 0 radical (unpaired) electrons. The molecule has 4 unspecified atom stereocenters. The summed E-state index contributed by atoms with van der Waals surface area (Å²) in [6.07, 6.45) is 1.36. The van der Waals surface area contributed by atoms with Gasteiger partial charge in [-0.3, -0.25) is 0 Å². The summed E-state index contributed by atoms with van der Waals surface area (Å²) in [7, 11) is -1.99. The first kappa shape index (κ1) is 25.5. The van der Waals surface area contributed by atoms with Gasteiger partial charge in [-0.25, -0.2) is 13.6 Å². The van der Waals surface area contributed by atoms with Crippen LogP contribution in [0.4, 0.5) is 13.2 Å². The zero-order valence-corrected chi connectivity index (χ0v) is 19.4. The highest BCUT2D eigenvalue weighted by Crippen LogP contribution is 2.41. The van der Waals surface area contributed by atoms with Crippen LogP contribution in [0.25, 0.3) is 0 Å². The summed E-state index contributed by atoms with van der Waals surface area (Å²) in [5.41, 5.74) is 0.644. The number of aliphatic hydroxyl groups excluding tert-OH is 1. The quantitative estimate of drug-likeness (QED) is 0.572. The summed E-state index contributed by atoms with van der Waals surface area (Å²) < 4.78 is 71.9. The van der Waals surface area contributed by atoms with E-state index in [1.54, 1.807) is 31.2 Å². The fraction of sp³-hybridized carbons (Fsp3) is 0.545. The van der Waals surface area contributed by atoms with Crippen LogP contribution in [0, 0.1) is 0 Å². The van der Waals surface area contributed by atoms with Gasteiger partial charge in [0.25, 0.3) is 0 Å². The fourth-order valence-electron chi connectivity index (χ4n) is 4.72. The molecule has 184 valence electrons. The number of hydrogen-bond acceptors (Lipinski definition) is 5. The number of benzene rings is 1. The van der Waals surface area contributed by atoms with E-state index in [0.717, 1.165) is 0 Å². The lowest BCUT2D eigenvalue weighted by atomic mass is 9.80. The maximum Gasteiger partial charge on any atom is 0.573 e. The second kappa shape index (κ2) is 9.28. The molecule has 0 aromatic heterocycles. The Morgan fingerprint density at radius 2 is 2.00 bits per heavy atom. The Hall–Kier alpha value is -2.08. The Morgan fingerprint density at radius 3 is 2.64 bits per heavy atom. The van der Waals surface area contributed by atoms with E-state index in [9.17, 15) is 26.7 Å². The largest absolute Gasteiger partial charge is 0.573 e. The van der Waals surface area contributed by atoms with Crippen molar-refractivity contribution in [2.24, 2.45) is 5.14 Å². The van der Waals surface area contributed by atoms with Gasteiger partial charge in [-0.15, -0.1) is 13.2 Å². The van der Waals surface area contributed by atoms with Gasteiger partial charge in [0.05, 0.1) is 20.2 Å². The molecule has 0 amide bonds. The molecule has 0 bridgehead atoms. The van der Waals surface area contributed by atoms with E-state index in [1.807, 2.05) is 7.05 Å². The minimum absolute atomic E-state index is 0.0788. The maximum atomic E-state index is 12.6. The summed E-state index contributed by atoms with van der Waals surface area (Å²) in [6.45, 7) is 2.51.